The number of rotatable bonds is 6. The summed E-state index contributed by atoms with van der Waals surface area (Å²) in [6, 6.07) is 10.6. The molecule has 0 aliphatic carbocycles. The number of hydrogen-bond donors (Lipinski definition) is 0. The number of ether oxygens (including phenoxy) is 2. The number of hydrogen-bond acceptors (Lipinski definition) is 4. The average molecular weight is 356 g/mol. The van der Waals surface area contributed by atoms with Crippen LogP contribution in [0.15, 0.2) is 36.4 Å². The van der Waals surface area contributed by atoms with E-state index >= 15 is 0 Å². The predicted octanol–water partition coefficient (Wildman–Crippen LogP) is 5.53. The van der Waals surface area contributed by atoms with Crippen molar-refractivity contribution in [2.24, 2.45) is 0 Å². The summed E-state index contributed by atoms with van der Waals surface area (Å²) in [7, 11) is 0. The highest BCUT2D eigenvalue weighted by atomic mass is 16.6. The zero-order chi connectivity index (χ0) is 19.5. The minimum atomic E-state index is -0.541. The Morgan fingerprint density at radius 1 is 0.731 bits per heavy atom. The van der Waals surface area contributed by atoms with Crippen molar-refractivity contribution in [3.05, 3.63) is 47.5 Å². The van der Waals surface area contributed by atoms with Crippen molar-refractivity contribution < 1.29 is 19.1 Å². The van der Waals surface area contributed by atoms with E-state index in [1.165, 1.54) is 0 Å². The van der Waals surface area contributed by atoms with Gasteiger partial charge in [-0.15, -0.1) is 0 Å². The predicted molar refractivity (Wildman–Crippen MR) is 104 cm³/mol. The summed E-state index contributed by atoms with van der Waals surface area (Å²) >= 11 is 0. The molecule has 0 heterocycles. The van der Waals surface area contributed by atoms with E-state index in [1.54, 1.807) is 24.3 Å². The molecule has 0 aliphatic rings. The number of fused-ring (bicyclic) bond motifs is 1. The van der Waals surface area contributed by atoms with Gasteiger partial charge in [0.1, 0.15) is 11.2 Å². The van der Waals surface area contributed by atoms with E-state index in [4.69, 9.17) is 9.47 Å². The fourth-order valence-electron chi connectivity index (χ4n) is 2.42. The highest BCUT2D eigenvalue weighted by Gasteiger charge is 2.25. The minimum Gasteiger partial charge on any atom is -0.456 e. The summed E-state index contributed by atoms with van der Waals surface area (Å²) in [5.74, 6) is -0.774. The smallest absolute Gasteiger partial charge is 0.339 e. The molecule has 0 saturated heterocycles. The van der Waals surface area contributed by atoms with E-state index in [1.807, 2.05) is 53.7 Å². The molecular formula is C22H28O4. The maximum absolute atomic E-state index is 12.7. The zero-order valence-corrected chi connectivity index (χ0v) is 16.5. The molecule has 2 rings (SSSR count). The molecule has 0 aliphatic heterocycles. The maximum Gasteiger partial charge on any atom is 0.339 e. The normalized spacial score (nSPS) is 12.1. The van der Waals surface area contributed by atoms with Crippen LogP contribution in [0.25, 0.3) is 10.8 Å². The third kappa shape index (κ3) is 4.43. The molecule has 0 aromatic heterocycles. The van der Waals surface area contributed by atoms with Crippen LogP contribution in [-0.4, -0.2) is 23.1 Å². The fraction of sp³-hybridized carbons (Fsp3) is 0.455. The SMILES string of the molecule is CCC(C)(C)OC(=O)c1cccc2c(C(=O)OC(C)(C)CC)cccc12. The van der Waals surface area contributed by atoms with Crippen molar-refractivity contribution in [2.75, 3.05) is 0 Å². The van der Waals surface area contributed by atoms with Gasteiger partial charge >= 0.3 is 11.9 Å². The first-order valence-electron chi connectivity index (χ1n) is 9.08. The molecule has 4 heteroatoms. The van der Waals surface area contributed by atoms with Gasteiger partial charge in [-0.2, -0.15) is 0 Å². The number of esters is 2. The van der Waals surface area contributed by atoms with E-state index < -0.39 is 11.2 Å². The van der Waals surface area contributed by atoms with Crippen molar-refractivity contribution in [2.45, 2.75) is 65.6 Å². The van der Waals surface area contributed by atoms with Crippen LogP contribution in [0.4, 0.5) is 0 Å². The van der Waals surface area contributed by atoms with Gasteiger partial charge in [0.05, 0.1) is 11.1 Å². The number of carbonyl (C=O) groups excluding carboxylic acids is 2. The molecule has 140 valence electrons. The van der Waals surface area contributed by atoms with Crippen LogP contribution in [0, 0.1) is 0 Å². The molecule has 0 atom stereocenters. The molecule has 0 radical (unpaired) electrons. The van der Waals surface area contributed by atoms with Gasteiger partial charge in [0, 0.05) is 0 Å². The maximum atomic E-state index is 12.7. The van der Waals surface area contributed by atoms with Crippen LogP contribution < -0.4 is 0 Å². The average Bonchev–Trinajstić information content (AvgIpc) is 2.59. The van der Waals surface area contributed by atoms with Gasteiger partial charge in [-0.25, -0.2) is 9.59 Å². The molecule has 0 fully saturated rings. The molecule has 0 unspecified atom stereocenters. The molecule has 0 bridgehead atoms. The second-order valence-corrected chi connectivity index (χ2v) is 7.71. The summed E-state index contributed by atoms with van der Waals surface area (Å²) in [5, 5.41) is 1.38. The first kappa shape index (κ1) is 20.0. The first-order valence-corrected chi connectivity index (χ1v) is 9.08. The largest absolute Gasteiger partial charge is 0.456 e. The summed E-state index contributed by atoms with van der Waals surface area (Å²) in [5.41, 5.74) is -0.177. The van der Waals surface area contributed by atoms with Crippen LogP contribution >= 0.6 is 0 Å². The van der Waals surface area contributed by atoms with Crippen molar-refractivity contribution >= 4 is 22.7 Å². The first-order chi connectivity index (χ1) is 12.1. The Labute approximate surface area is 155 Å². The molecule has 0 amide bonds. The Bertz CT molecular complexity index is 749. The molecule has 2 aromatic carbocycles. The van der Waals surface area contributed by atoms with Gasteiger partial charge in [0.25, 0.3) is 0 Å². The van der Waals surface area contributed by atoms with E-state index in [-0.39, 0.29) is 11.9 Å². The van der Waals surface area contributed by atoms with Gasteiger partial charge in [0.2, 0.25) is 0 Å². The summed E-state index contributed by atoms with van der Waals surface area (Å²) in [4.78, 5) is 25.3. The van der Waals surface area contributed by atoms with Gasteiger partial charge in [-0.1, -0.05) is 38.1 Å². The minimum absolute atomic E-state index is 0.387. The second kappa shape index (κ2) is 7.48. The Hall–Kier alpha value is -2.36. The highest BCUT2D eigenvalue weighted by Crippen LogP contribution is 2.27. The van der Waals surface area contributed by atoms with Crippen LogP contribution in [0.1, 0.15) is 75.1 Å². The topological polar surface area (TPSA) is 52.6 Å². The standard InChI is InChI=1S/C22H28O4/c1-7-21(3,4)25-19(23)17-13-9-12-16-15(17)11-10-14-18(16)20(24)26-22(5,6)8-2/h9-14H,7-8H2,1-6H3. The lowest BCUT2D eigenvalue weighted by molar-refractivity contribution is -0.00352. The molecule has 0 spiro atoms. The van der Waals surface area contributed by atoms with Crippen molar-refractivity contribution in [1.29, 1.82) is 0 Å². The van der Waals surface area contributed by atoms with Crippen LogP contribution in [0.2, 0.25) is 0 Å². The molecule has 26 heavy (non-hydrogen) atoms. The number of benzene rings is 2. The van der Waals surface area contributed by atoms with Gasteiger partial charge in [-0.3, -0.25) is 0 Å². The Kier molecular flexibility index (Phi) is 5.74. The lowest BCUT2D eigenvalue weighted by Crippen LogP contribution is -2.27. The van der Waals surface area contributed by atoms with Gasteiger partial charge in [-0.05, 0) is 63.4 Å². The lowest BCUT2D eigenvalue weighted by atomic mass is 9.99. The van der Waals surface area contributed by atoms with Crippen molar-refractivity contribution in [1.82, 2.24) is 0 Å². The Morgan fingerprint density at radius 2 is 1.08 bits per heavy atom. The van der Waals surface area contributed by atoms with E-state index in [0.717, 1.165) is 0 Å². The molecule has 2 aromatic rings. The second-order valence-electron chi connectivity index (χ2n) is 7.71. The summed E-state index contributed by atoms with van der Waals surface area (Å²) in [6.07, 6.45) is 1.43. The third-order valence-corrected chi connectivity index (χ3v) is 4.80. The van der Waals surface area contributed by atoms with Crippen LogP contribution in [0.3, 0.4) is 0 Å². The molecule has 0 N–H and O–H groups in total. The van der Waals surface area contributed by atoms with E-state index in [0.29, 0.717) is 34.7 Å². The van der Waals surface area contributed by atoms with E-state index in [9.17, 15) is 9.59 Å². The van der Waals surface area contributed by atoms with Crippen molar-refractivity contribution in [3.8, 4) is 0 Å². The van der Waals surface area contributed by atoms with Gasteiger partial charge < -0.3 is 9.47 Å². The highest BCUT2D eigenvalue weighted by molar-refractivity contribution is 6.11. The van der Waals surface area contributed by atoms with Crippen molar-refractivity contribution in [3.63, 3.8) is 0 Å². The summed E-state index contributed by atoms with van der Waals surface area (Å²) < 4.78 is 11.2. The molecule has 0 saturated carbocycles. The Balaban J connectivity index is 2.46. The number of carbonyl (C=O) groups is 2. The quantitative estimate of drug-likeness (QED) is 0.639. The lowest BCUT2D eigenvalue weighted by Gasteiger charge is -2.24. The van der Waals surface area contributed by atoms with E-state index in [2.05, 4.69) is 0 Å². The van der Waals surface area contributed by atoms with Crippen LogP contribution in [0.5, 0.6) is 0 Å². The zero-order valence-electron chi connectivity index (χ0n) is 16.5. The van der Waals surface area contributed by atoms with Gasteiger partial charge in [0.15, 0.2) is 0 Å². The monoisotopic (exact) mass is 356 g/mol. The third-order valence-electron chi connectivity index (χ3n) is 4.80. The molecular weight excluding hydrogens is 328 g/mol. The summed E-state index contributed by atoms with van der Waals surface area (Å²) in [6.45, 7) is 11.5. The van der Waals surface area contributed by atoms with Crippen LogP contribution in [-0.2, 0) is 9.47 Å². The fourth-order valence-corrected chi connectivity index (χ4v) is 2.42. The Morgan fingerprint density at radius 3 is 1.38 bits per heavy atom. The molecule has 4 nitrogen and oxygen atoms in total.